The standard InChI is InChI=1S/C14H26N2O4/c1-4-15(9-12-6-5-7-20-12)14(19)16(8-11(2)3)10-13(17)18/h11-12H,4-10H2,1-3H3,(H,17,18). The van der Waals surface area contributed by atoms with Crippen molar-refractivity contribution in [3.8, 4) is 0 Å². The van der Waals surface area contributed by atoms with E-state index in [0.29, 0.717) is 19.6 Å². The minimum atomic E-state index is -0.979. The number of carboxylic acids is 1. The molecule has 116 valence electrons. The van der Waals surface area contributed by atoms with E-state index in [1.165, 1.54) is 4.90 Å². The summed E-state index contributed by atoms with van der Waals surface area (Å²) in [6, 6.07) is -0.209. The van der Waals surface area contributed by atoms with Crippen LogP contribution in [-0.2, 0) is 9.53 Å². The first kappa shape index (κ1) is 16.8. The molecule has 0 aromatic heterocycles. The number of carboxylic acid groups (broad SMARTS) is 1. The highest BCUT2D eigenvalue weighted by Gasteiger charge is 2.26. The first-order valence-electron chi connectivity index (χ1n) is 7.31. The molecule has 2 amide bonds. The second kappa shape index (κ2) is 8.09. The van der Waals surface area contributed by atoms with Gasteiger partial charge in [0.2, 0.25) is 0 Å². The van der Waals surface area contributed by atoms with Gasteiger partial charge in [-0.1, -0.05) is 13.8 Å². The Morgan fingerprint density at radius 1 is 1.35 bits per heavy atom. The van der Waals surface area contributed by atoms with E-state index in [2.05, 4.69) is 0 Å². The van der Waals surface area contributed by atoms with Crippen LogP contribution in [0.5, 0.6) is 0 Å². The van der Waals surface area contributed by atoms with Crippen molar-refractivity contribution in [3.05, 3.63) is 0 Å². The summed E-state index contributed by atoms with van der Waals surface area (Å²) in [5.74, 6) is -0.744. The molecule has 0 aromatic carbocycles. The highest BCUT2D eigenvalue weighted by Crippen LogP contribution is 2.14. The molecule has 0 spiro atoms. The lowest BCUT2D eigenvalue weighted by molar-refractivity contribution is -0.137. The predicted molar refractivity (Wildman–Crippen MR) is 75.7 cm³/mol. The van der Waals surface area contributed by atoms with Crippen molar-refractivity contribution in [2.24, 2.45) is 5.92 Å². The molecule has 1 atom stereocenters. The third-order valence-corrected chi connectivity index (χ3v) is 3.28. The lowest BCUT2D eigenvalue weighted by Gasteiger charge is -2.31. The molecule has 6 heteroatoms. The maximum Gasteiger partial charge on any atom is 0.323 e. The summed E-state index contributed by atoms with van der Waals surface area (Å²) in [6.07, 6.45) is 2.08. The average molecular weight is 286 g/mol. The minimum Gasteiger partial charge on any atom is -0.480 e. The summed E-state index contributed by atoms with van der Waals surface area (Å²) in [4.78, 5) is 26.5. The number of carbonyl (C=O) groups excluding carboxylic acids is 1. The maximum atomic E-state index is 12.5. The number of aliphatic carboxylic acids is 1. The topological polar surface area (TPSA) is 70.1 Å². The molecule has 0 saturated carbocycles. The zero-order chi connectivity index (χ0) is 15.1. The highest BCUT2D eigenvalue weighted by atomic mass is 16.5. The zero-order valence-corrected chi connectivity index (χ0v) is 12.7. The molecule has 1 saturated heterocycles. The summed E-state index contributed by atoms with van der Waals surface area (Å²) < 4.78 is 5.55. The van der Waals surface area contributed by atoms with E-state index in [-0.39, 0.29) is 24.6 Å². The van der Waals surface area contributed by atoms with Crippen LogP contribution in [0.1, 0.15) is 33.6 Å². The van der Waals surface area contributed by atoms with Crippen LogP contribution in [0.25, 0.3) is 0 Å². The van der Waals surface area contributed by atoms with Crippen molar-refractivity contribution >= 4 is 12.0 Å². The lowest BCUT2D eigenvalue weighted by Crippen LogP contribution is -2.48. The monoisotopic (exact) mass is 286 g/mol. The zero-order valence-electron chi connectivity index (χ0n) is 12.7. The number of rotatable bonds is 7. The highest BCUT2D eigenvalue weighted by molar-refractivity contribution is 5.80. The third-order valence-electron chi connectivity index (χ3n) is 3.28. The maximum absolute atomic E-state index is 12.5. The van der Waals surface area contributed by atoms with Gasteiger partial charge in [0.25, 0.3) is 0 Å². The smallest absolute Gasteiger partial charge is 0.323 e. The SMILES string of the molecule is CCN(CC1CCCO1)C(=O)N(CC(=O)O)CC(C)C. The molecule has 0 radical (unpaired) electrons. The Labute approximate surface area is 120 Å². The number of urea groups is 1. The quantitative estimate of drug-likeness (QED) is 0.772. The molecule has 1 heterocycles. The molecule has 0 bridgehead atoms. The molecule has 1 aliphatic heterocycles. The van der Waals surface area contributed by atoms with Crippen LogP contribution in [0, 0.1) is 5.92 Å². The first-order valence-corrected chi connectivity index (χ1v) is 7.31. The van der Waals surface area contributed by atoms with Crippen LogP contribution < -0.4 is 0 Å². The fraction of sp³-hybridized carbons (Fsp3) is 0.857. The summed E-state index contributed by atoms with van der Waals surface area (Å²) in [5.41, 5.74) is 0. The van der Waals surface area contributed by atoms with Crippen LogP contribution in [0.4, 0.5) is 4.79 Å². The van der Waals surface area contributed by atoms with Crippen molar-refractivity contribution in [1.82, 2.24) is 9.80 Å². The van der Waals surface area contributed by atoms with Crippen molar-refractivity contribution in [2.45, 2.75) is 39.7 Å². The molecule has 0 aromatic rings. The van der Waals surface area contributed by atoms with E-state index < -0.39 is 5.97 Å². The molecule has 1 fully saturated rings. The second-order valence-corrected chi connectivity index (χ2v) is 5.62. The van der Waals surface area contributed by atoms with Crippen molar-refractivity contribution in [1.29, 1.82) is 0 Å². The van der Waals surface area contributed by atoms with E-state index in [1.54, 1.807) is 4.90 Å². The number of amides is 2. The normalized spacial score (nSPS) is 18.3. The Morgan fingerprint density at radius 3 is 2.50 bits per heavy atom. The number of likely N-dealkylation sites (N-methyl/N-ethyl adjacent to an activating group) is 1. The molecule has 0 aliphatic carbocycles. The van der Waals surface area contributed by atoms with Crippen LogP contribution in [0.2, 0.25) is 0 Å². The third kappa shape index (κ3) is 5.36. The van der Waals surface area contributed by atoms with Crippen LogP contribution in [-0.4, -0.2) is 65.8 Å². The predicted octanol–water partition coefficient (Wildman–Crippen LogP) is 1.65. The molecule has 1 aliphatic rings. The Bertz CT molecular complexity index is 327. The molecular weight excluding hydrogens is 260 g/mol. The Morgan fingerprint density at radius 2 is 2.05 bits per heavy atom. The van der Waals surface area contributed by atoms with Gasteiger partial charge in [0.15, 0.2) is 0 Å². The molecule has 6 nitrogen and oxygen atoms in total. The molecule has 20 heavy (non-hydrogen) atoms. The van der Waals surface area contributed by atoms with E-state index in [9.17, 15) is 9.59 Å². The lowest BCUT2D eigenvalue weighted by atomic mass is 10.2. The molecule has 1 N–H and O–H groups in total. The summed E-state index contributed by atoms with van der Waals surface area (Å²) in [7, 11) is 0. The fourth-order valence-electron chi connectivity index (χ4n) is 2.39. The van der Waals surface area contributed by atoms with Gasteiger partial charge in [-0.05, 0) is 25.7 Å². The van der Waals surface area contributed by atoms with Gasteiger partial charge in [-0.3, -0.25) is 4.79 Å². The van der Waals surface area contributed by atoms with Gasteiger partial charge in [-0.25, -0.2) is 4.79 Å². The molecular formula is C14H26N2O4. The second-order valence-electron chi connectivity index (χ2n) is 5.62. The fourth-order valence-corrected chi connectivity index (χ4v) is 2.39. The van der Waals surface area contributed by atoms with Gasteiger partial charge in [-0.15, -0.1) is 0 Å². The Kier molecular flexibility index (Phi) is 6.78. The Balaban J connectivity index is 2.64. The van der Waals surface area contributed by atoms with Gasteiger partial charge < -0.3 is 19.6 Å². The number of nitrogens with zero attached hydrogens (tertiary/aromatic N) is 2. The summed E-state index contributed by atoms with van der Waals surface area (Å²) >= 11 is 0. The minimum absolute atomic E-state index is 0.0876. The van der Waals surface area contributed by atoms with E-state index in [0.717, 1.165) is 19.4 Å². The van der Waals surface area contributed by atoms with Crippen LogP contribution in [0.15, 0.2) is 0 Å². The van der Waals surface area contributed by atoms with Crippen LogP contribution >= 0.6 is 0 Å². The van der Waals surface area contributed by atoms with E-state index in [1.807, 2.05) is 20.8 Å². The number of hydrogen-bond donors (Lipinski definition) is 1. The van der Waals surface area contributed by atoms with Gasteiger partial charge in [-0.2, -0.15) is 0 Å². The summed E-state index contributed by atoms with van der Waals surface area (Å²) in [6.45, 7) is 7.90. The number of carbonyl (C=O) groups is 2. The van der Waals surface area contributed by atoms with Crippen molar-refractivity contribution in [2.75, 3.05) is 32.8 Å². The molecule has 1 unspecified atom stereocenters. The first-order chi connectivity index (χ1) is 9.43. The number of hydrogen-bond acceptors (Lipinski definition) is 3. The largest absolute Gasteiger partial charge is 0.480 e. The summed E-state index contributed by atoms with van der Waals surface area (Å²) in [5, 5.41) is 8.95. The van der Waals surface area contributed by atoms with Gasteiger partial charge in [0, 0.05) is 26.2 Å². The Hall–Kier alpha value is -1.30. The number of ether oxygens (including phenoxy) is 1. The van der Waals surface area contributed by atoms with E-state index >= 15 is 0 Å². The van der Waals surface area contributed by atoms with Gasteiger partial charge in [0.05, 0.1) is 6.10 Å². The van der Waals surface area contributed by atoms with Crippen molar-refractivity contribution in [3.63, 3.8) is 0 Å². The van der Waals surface area contributed by atoms with Gasteiger partial charge in [0.1, 0.15) is 6.54 Å². The van der Waals surface area contributed by atoms with Crippen molar-refractivity contribution < 1.29 is 19.4 Å². The molecule has 1 rings (SSSR count). The van der Waals surface area contributed by atoms with Gasteiger partial charge >= 0.3 is 12.0 Å². The van der Waals surface area contributed by atoms with Crippen LogP contribution in [0.3, 0.4) is 0 Å². The average Bonchev–Trinajstić information content (AvgIpc) is 2.86. The van der Waals surface area contributed by atoms with E-state index in [4.69, 9.17) is 9.84 Å².